The van der Waals surface area contributed by atoms with Crippen molar-refractivity contribution in [1.29, 1.82) is 0 Å². The topological polar surface area (TPSA) is 122 Å². The molecule has 0 radical (unpaired) electrons. The highest BCUT2D eigenvalue weighted by molar-refractivity contribution is 8.00. The molecule has 2 aliphatic rings. The molecule has 2 atom stereocenters. The first-order valence-electron chi connectivity index (χ1n) is 10.3. The first kappa shape index (κ1) is 23.8. The van der Waals surface area contributed by atoms with Crippen LogP contribution in [0.1, 0.15) is 32.3 Å². The van der Waals surface area contributed by atoms with Crippen molar-refractivity contribution in [2.24, 2.45) is 0 Å². The van der Waals surface area contributed by atoms with Gasteiger partial charge in [0.05, 0.1) is 13.0 Å². The van der Waals surface area contributed by atoms with Crippen LogP contribution in [0, 0.1) is 0 Å². The van der Waals surface area contributed by atoms with Gasteiger partial charge in [-0.05, 0) is 12.0 Å². The fraction of sp³-hybridized carbons (Fsp3) is 0.455. The second-order valence-electron chi connectivity index (χ2n) is 7.52. The third kappa shape index (κ3) is 4.81. The maximum atomic E-state index is 13.3. The average Bonchev–Trinajstić information content (AvgIpc) is 2.76. The van der Waals surface area contributed by atoms with Crippen LogP contribution >= 0.6 is 11.8 Å². The number of esters is 1. The van der Waals surface area contributed by atoms with Crippen molar-refractivity contribution in [1.82, 2.24) is 10.2 Å². The number of carboxylic acid groups (broad SMARTS) is 1. The van der Waals surface area contributed by atoms with E-state index in [0.717, 1.165) is 16.9 Å². The Hall–Kier alpha value is -2.85. The summed E-state index contributed by atoms with van der Waals surface area (Å²) < 4.78 is 10.9. The van der Waals surface area contributed by atoms with Gasteiger partial charge in [-0.3, -0.25) is 19.3 Å². The van der Waals surface area contributed by atoms with Crippen LogP contribution in [-0.4, -0.2) is 63.8 Å². The number of hydrogen-bond acceptors (Lipinski definition) is 7. The lowest BCUT2D eigenvalue weighted by Gasteiger charge is -2.56. The molecule has 172 valence electrons. The number of hydrogen-bond donors (Lipinski definition) is 2. The predicted molar refractivity (Wildman–Crippen MR) is 116 cm³/mol. The van der Waals surface area contributed by atoms with Gasteiger partial charge < -0.3 is 19.9 Å². The number of ether oxygens (including phenoxy) is 2. The number of carbonyl (C=O) groups excluding carboxylic acids is 3. The summed E-state index contributed by atoms with van der Waals surface area (Å²) in [5.74, 6) is -2.67. The maximum absolute atomic E-state index is 13.3. The molecule has 1 aromatic rings. The van der Waals surface area contributed by atoms with Gasteiger partial charge in [0, 0.05) is 18.2 Å². The second kappa shape index (κ2) is 10.2. The predicted octanol–water partition coefficient (Wildman–Crippen LogP) is 1.68. The number of fused-ring (bicyclic) bond motifs is 1. The number of carboxylic acids is 1. The van der Waals surface area contributed by atoms with E-state index in [1.165, 1.54) is 18.7 Å². The fourth-order valence-electron chi connectivity index (χ4n) is 3.58. The first-order chi connectivity index (χ1) is 15.3. The van der Waals surface area contributed by atoms with Gasteiger partial charge in [-0.25, -0.2) is 4.79 Å². The van der Waals surface area contributed by atoms with Crippen LogP contribution < -0.4 is 5.32 Å². The Morgan fingerprint density at radius 1 is 1.28 bits per heavy atom. The van der Waals surface area contributed by atoms with E-state index in [-0.39, 0.29) is 31.1 Å². The molecule has 1 aromatic carbocycles. The Bertz CT molecular complexity index is 933. The SMILES string of the molecule is CCCCO[C@@]1(NC(=O)Cc2ccccc2)C(=O)N2C(C(=O)O)=C(COC(C)=O)CS[C@@H]21. The molecule has 2 amide bonds. The van der Waals surface area contributed by atoms with Crippen molar-refractivity contribution in [3.05, 3.63) is 47.2 Å². The summed E-state index contributed by atoms with van der Waals surface area (Å²) >= 11 is 1.26. The summed E-state index contributed by atoms with van der Waals surface area (Å²) in [6.45, 7) is 3.22. The maximum Gasteiger partial charge on any atom is 0.352 e. The summed E-state index contributed by atoms with van der Waals surface area (Å²) in [7, 11) is 0. The van der Waals surface area contributed by atoms with Crippen LogP contribution in [0.25, 0.3) is 0 Å². The standard InChI is InChI=1S/C22H26N2O7S/c1-3-4-10-31-22(23-17(26)11-15-8-6-5-7-9-15)20(29)24-18(19(27)28)16(12-30-14(2)25)13-32-21(22)24/h5-9,21H,3-4,10-13H2,1-2H3,(H,23,26)(H,27,28)/t21-,22+/m1/s1. The second-order valence-corrected chi connectivity index (χ2v) is 8.59. The summed E-state index contributed by atoms with van der Waals surface area (Å²) in [5.41, 5.74) is -0.769. The van der Waals surface area contributed by atoms with Crippen molar-refractivity contribution in [3.63, 3.8) is 0 Å². The van der Waals surface area contributed by atoms with E-state index in [9.17, 15) is 24.3 Å². The van der Waals surface area contributed by atoms with Crippen molar-refractivity contribution < 1.29 is 33.8 Å². The molecule has 2 N–H and O–H groups in total. The van der Waals surface area contributed by atoms with E-state index < -0.39 is 34.9 Å². The Balaban J connectivity index is 1.85. The van der Waals surface area contributed by atoms with Crippen molar-refractivity contribution in [3.8, 4) is 0 Å². The summed E-state index contributed by atoms with van der Waals surface area (Å²) in [6.07, 6.45) is 1.57. The van der Waals surface area contributed by atoms with Crippen LogP contribution in [-0.2, 0) is 35.1 Å². The summed E-state index contributed by atoms with van der Waals surface area (Å²) in [4.78, 5) is 50.3. The number of unbranched alkanes of at least 4 members (excludes halogenated alkanes) is 1. The highest BCUT2D eigenvalue weighted by atomic mass is 32.2. The lowest BCUT2D eigenvalue weighted by molar-refractivity contribution is -0.198. The molecule has 0 unspecified atom stereocenters. The number of nitrogens with one attached hydrogen (secondary N) is 1. The van der Waals surface area contributed by atoms with Gasteiger partial charge in [0.2, 0.25) is 5.91 Å². The third-order valence-corrected chi connectivity index (χ3v) is 6.50. The van der Waals surface area contributed by atoms with Gasteiger partial charge in [-0.1, -0.05) is 43.7 Å². The Morgan fingerprint density at radius 2 is 2.00 bits per heavy atom. The molecule has 1 fully saturated rings. The van der Waals surface area contributed by atoms with Gasteiger partial charge in [-0.15, -0.1) is 11.8 Å². The minimum absolute atomic E-state index is 0.0592. The van der Waals surface area contributed by atoms with Crippen LogP contribution in [0.5, 0.6) is 0 Å². The highest BCUT2D eigenvalue weighted by Gasteiger charge is 2.67. The Morgan fingerprint density at radius 3 is 2.62 bits per heavy atom. The van der Waals surface area contributed by atoms with Gasteiger partial charge in [-0.2, -0.15) is 0 Å². The van der Waals surface area contributed by atoms with E-state index in [2.05, 4.69) is 5.32 Å². The van der Waals surface area contributed by atoms with E-state index >= 15 is 0 Å². The number of amides is 2. The van der Waals surface area contributed by atoms with E-state index in [0.29, 0.717) is 12.0 Å². The number of benzene rings is 1. The van der Waals surface area contributed by atoms with Crippen LogP contribution in [0.15, 0.2) is 41.6 Å². The third-order valence-electron chi connectivity index (χ3n) is 5.12. The zero-order valence-corrected chi connectivity index (χ0v) is 18.8. The molecule has 0 spiro atoms. The average molecular weight is 463 g/mol. The molecule has 10 heteroatoms. The van der Waals surface area contributed by atoms with Gasteiger partial charge in [0.1, 0.15) is 17.7 Å². The van der Waals surface area contributed by atoms with Crippen molar-refractivity contribution in [2.75, 3.05) is 19.0 Å². The molecule has 9 nitrogen and oxygen atoms in total. The highest BCUT2D eigenvalue weighted by Crippen LogP contribution is 2.47. The Labute approximate surface area is 190 Å². The minimum Gasteiger partial charge on any atom is -0.477 e. The zero-order valence-electron chi connectivity index (χ0n) is 18.0. The largest absolute Gasteiger partial charge is 0.477 e. The molecule has 0 aromatic heterocycles. The molecule has 0 saturated carbocycles. The van der Waals surface area contributed by atoms with Gasteiger partial charge >= 0.3 is 11.9 Å². The zero-order chi connectivity index (χ0) is 23.3. The lowest BCUT2D eigenvalue weighted by atomic mass is 9.97. The van der Waals surface area contributed by atoms with E-state index in [1.54, 1.807) is 12.1 Å². The lowest BCUT2D eigenvalue weighted by Crippen LogP contribution is -2.81. The van der Waals surface area contributed by atoms with Crippen LogP contribution in [0.2, 0.25) is 0 Å². The molecule has 0 bridgehead atoms. The van der Waals surface area contributed by atoms with Crippen molar-refractivity contribution >= 4 is 35.5 Å². The minimum atomic E-state index is -1.64. The van der Waals surface area contributed by atoms with Crippen molar-refractivity contribution in [2.45, 2.75) is 44.2 Å². The molecule has 32 heavy (non-hydrogen) atoms. The molecule has 2 aliphatic heterocycles. The molecule has 0 aliphatic carbocycles. The first-order valence-corrected chi connectivity index (χ1v) is 11.4. The summed E-state index contributed by atoms with van der Waals surface area (Å²) in [5, 5.41) is 11.7. The van der Waals surface area contributed by atoms with E-state index in [4.69, 9.17) is 9.47 Å². The molecule has 3 rings (SSSR count). The number of β-lactam (4-membered cyclic amide) rings is 1. The Kier molecular flexibility index (Phi) is 7.57. The normalized spacial score (nSPS) is 22.1. The van der Waals surface area contributed by atoms with Gasteiger partial charge in [0.15, 0.2) is 0 Å². The van der Waals surface area contributed by atoms with E-state index in [1.807, 2.05) is 25.1 Å². The summed E-state index contributed by atoms with van der Waals surface area (Å²) in [6, 6.07) is 9.09. The smallest absolute Gasteiger partial charge is 0.352 e. The number of carbonyl (C=O) groups is 4. The quantitative estimate of drug-likeness (QED) is 0.233. The molecule has 1 saturated heterocycles. The van der Waals surface area contributed by atoms with Gasteiger partial charge in [0.25, 0.3) is 11.6 Å². The van der Waals surface area contributed by atoms with Crippen LogP contribution in [0.3, 0.4) is 0 Å². The number of nitrogens with zero attached hydrogens (tertiary/aromatic N) is 1. The molecule has 2 heterocycles. The number of thioether (sulfide) groups is 1. The fourth-order valence-corrected chi connectivity index (χ4v) is 4.97. The molecular formula is C22H26N2O7S. The monoisotopic (exact) mass is 462 g/mol. The number of aliphatic carboxylic acids is 1. The van der Waals surface area contributed by atoms with Crippen LogP contribution in [0.4, 0.5) is 0 Å². The number of rotatable bonds is 10. The molecular weight excluding hydrogens is 436 g/mol.